The van der Waals surface area contributed by atoms with Gasteiger partial charge in [-0.1, -0.05) is 24.6 Å². The minimum Gasteiger partial charge on any atom is -0.373 e. The zero-order chi connectivity index (χ0) is 14.7. The van der Waals surface area contributed by atoms with Gasteiger partial charge >= 0.3 is 0 Å². The molecule has 0 radical (unpaired) electrons. The van der Waals surface area contributed by atoms with Gasteiger partial charge in [-0.05, 0) is 69.3 Å². The van der Waals surface area contributed by atoms with Crippen LogP contribution in [-0.4, -0.2) is 18.8 Å². The quantitative estimate of drug-likeness (QED) is 0.859. The molecule has 2 rings (SSSR count). The highest BCUT2D eigenvalue weighted by molar-refractivity contribution is 6.31. The molecular weight excluding hydrogens is 270 g/mol. The molecule has 1 saturated heterocycles. The van der Waals surface area contributed by atoms with Crippen molar-refractivity contribution in [1.29, 1.82) is 0 Å². The predicted molar refractivity (Wildman–Crippen MR) is 85.5 cm³/mol. The lowest BCUT2D eigenvalue weighted by Crippen LogP contribution is -2.33. The summed E-state index contributed by atoms with van der Waals surface area (Å²) in [5.41, 5.74) is 3.72. The summed E-state index contributed by atoms with van der Waals surface area (Å²) in [6.07, 6.45) is 4.06. The van der Waals surface area contributed by atoms with Gasteiger partial charge < -0.3 is 10.1 Å². The van der Waals surface area contributed by atoms with Crippen LogP contribution in [-0.2, 0) is 4.74 Å². The third kappa shape index (κ3) is 3.55. The Labute approximate surface area is 127 Å². The summed E-state index contributed by atoms with van der Waals surface area (Å²) in [5, 5.41) is 4.52. The summed E-state index contributed by atoms with van der Waals surface area (Å²) in [6, 6.07) is 4.57. The number of ether oxygens (including phenoxy) is 1. The zero-order valence-corrected chi connectivity index (χ0v) is 13.8. The molecule has 2 nitrogen and oxygen atoms in total. The zero-order valence-electron chi connectivity index (χ0n) is 13.0. The van der Waals surface area contributed by atoms with Gasteiger partial charge in [0.25, 0.3) is 0 Å². The fraction of sp³-hybridized carbons (Fsp3) is 0.647. The van der Waals surface area contributed by atoms with E-state index in [2.05, 4.69) is 45.1 Å². The first-order chi connectivity index (χ1) is 9.52. The summed E-state index contributed by atoms with van der Waals surface area (Å²) in [4.78, 5) is 0. The molecule has 3 atom stereocenters. The van der Waals surface area contributed by atoms with Gasteiger partial charge in [-0.3, -0.25) is 0 Å². The Bertz CT molecular complexity index is 461. The molecule has 1 aliphatic rings. The van der Waals surface area contributed by atoms with Crippen LogP contribution in [0.15, 0.2) is 12.1 Å². The highest BCUT2D eigenvalue weighted by Gasteiger charge is 2.31. The molecule has 1 N–H and O–H groups in total. The smallest absolute Gasteiger partial charge is 0.0774 e. The molecule has 1 heterocycles. The van der Waals surface area contributed by atoms with Gasteiger partial charge in [0.05, 0.1) is 18.2 Å². The summed E-state index contributed by atoms with van der Waals surface area (Å²) in [7, 11) is 0. The molecule has 1 aliphatic heterocycles. The summed E-state index contributed by atoms with van der Waals surface area (Å²) < 4.78 is 6.10. The van der Waals surface area contributed by atoms with Gasteiger partial charge in [0.2, 0.25) is 0 Å². The summed E-state index contributed by atoms with van der Waals surface area (Å²) >= 11 is 6.23. The van der Waals surface area contributed by atoms with Crippen molar-refractivity contribution in [1.82, 2.24) is 5.32 Å². The molecule has 1 fully saturated rings. The minimum absolute atomic E-state index is 0.274. The number of benzene rings is 1. The predicted octanol–water partition coefficient (Wildman–Crippen LogP) is 4.57. The molecule has 1 aromatic carbocycles. The van der Waals surface area contributed by atoms with E-state index in [4.69, 9.17) is 16.3 Å². The second-order valence-electron chi connectivity index (χ2n) is 5.95. The Morgan fingerprint density at radius 3 is 2.65 bits per heavy atom. The first-order valence-corrected chi connectivity index (χ1v) is 8.06. The van der Waals surface area contributed by atoms with Crippen LogP contribution in [0.5, 0.6) is 0 Å². The van der Waals surface area contributed by atoms with E-state index in [0.717, 1.165) is 36.4 Å². The molecule has 0 aromatic heterocycles. The molecule has 0 saturated carbocycles. The maximum Gasteiger partial charge on any atom is 0.0774 e. The first-order valence-electron chi connectivity index (χ1n) is 7.68. The van der Waals surface area contributed by atoms with E-state index in [1.54, 1.807) is 0 Å². The van der Waals surface area contributed by atoms with Crippen LogP contribution in [0.1, 0.15) is 55.8 Å². The fourth-order valence-electron chi connectivity index (χ4n) is 2.96. The number of aryl methyl sites for hydroxylation is 2. The number of rotatable bonds is 5. The molecule has 3 heteroatoms. The van der Waals surface area contributed by atoms with Crippen LogP contribution in [0.25, 0.3) is 0 Å². The average molecular weight is 296 g/mol. The number of halogens is 1. The average Bonchev–Trinajstić information content (AvgIpc) is 2.82. The highest BCUT2D eigenvalue weighted by Crippen LogP contribution is 2.33. The maximum atomic E-state index is 6.23. The van der Waals surface area contributed by atoms with Gasteiger partial charge in [0.15, 0.2) is 0 Å². The van der Waals surface area contributed by atoms with Crippen LogP contribution in [0.4, 0.5) is 0 Å². The Kier molecular flexibility index (Phi) is 5.48. The first kappa shape index (κ1) is 15.8. The van der Waals surface area contributed by atoms with Crippen molar-refractivity contribution in [3.05, 3.63) is 33.8 Å². The second-order valence-corrected chi connectivity index (χ2v) is 6.36. The van der Waals surface area contributed by atoms with E-state index in [1.165, 1.54) is 11.1 Å². The normalized spacial score (nSPS) is 24.1. The van der Waals surface area contributed by atoms with E-state index >= 15 is 0 Å². The third-order valence-corrected chi connectivity index (χ3v) is 4.54. The summed E-state index contributed by atoms with van der Waals surface area (Å²) in [5.74, 6) is 0. The third-order valence-electron chi connectivity index (χ3n) is 4.13. The van der Waals surface area contributed by atoms with E-state index in [-0.39, 0.29) is 12.1 Å². The van der Waals surface area contributed by atoms with Gasteiger partial charge in [-0.25, -0.2) is 0 Å². The Morgan fingerprint density at radius 1 is 1.30 bits per heavy atom. The molecule has 112 valence electrons. The number of nitrogens with one attached hydrogen (secondary N) is 1. The molecule has 0 bridgehead atoms. The van der Waals surface area contributed by atoms with E-state index in [1.807, 2.05) is 0 Å². The monoisotopic (exact) mass is 295 g/mol. The van der Waals surface area contributed by atoms with Crippen LogP contribution >= 0.6 is 11.6 Å². The van der Waals surface area contributed by atoms with Gasteiger partial charge in [-0.15, -0.1) is 0 Å². The number of hydrogen-bond donors (Lipinski definition) is 1. The van der Waals surface area contributed by atoms with Gasteiger partial charge in [0.1, 0.15) is 0 Å². The van der Waals surface area contributed by atoms with Crippen LogP contribution in [0, 0.1) is 13.8 Å². The molecule has 3 unspecified atom stereocenters. The lowest BCUT2D eigenvalue weighted by Gasteiger charge is -2.27. The second kappa shape index (κ2) is 6.93. The van der Waals surface area contributed by atoms with Crippen LogP contribution < -0.4 is 5.32 Å². The van der Waals surface area contributed by atoms with Crippen molar-refractivity contribution in [3.8, 4) is 0 Å². The lowest BCUT2D eigenvalue weighted by molar-refractivity contribution is 0.0315. The van der Waals surface area contributed by atoms with E-state index in [9.17, 15) is 0 Å². The fourth-order valence-corrected chi connectivity index (χ4v) is 3.18. The Hall–Kier alpha value is -0.570. The molecular formula is C17H26ClNO. The lowest BCUT2D eigenvalue weighted by atomic mass is 9.93. The molecule has 20 heavy (non-hydrogen) atoms. The SMILES string of the molecule is CCCNC(c1cc(C)c(Cl)cc1C)C1CCC(C)O1. The van der Waals surface area contributed by atoms with Crippen molar-refractivity contribution in [2.24, 2.45) is 0 Å². The van der Waals surface area contributed by atoms with Crippen molar-refractivity contribution in [2.75, 3.05) is 6.54 Å². The van der Waals surface area contributed by atoms with Crippen molar-refractivity contribution in [3.63, 3.8) is 0 Å². The number of hydrogen-bond acceptors (Lipinski definition) is 2. The molecule has 0 amide bonds. The highest BCUT2D eigenvalue weighted by atomic mass is 35.5. The van der Waals surface area contributed by atoms with Gasteiger partial charge in [0, 0.05) is 5.02 Å². The van der Waals surface area contributed by atoms with Crippen molar-refractivity contribution < 1.29 is 4.74 Å². The topological polar surface area (TPSA) is 21.3 Å². The van der Waals surface area contributed by atoms with Crippen LogP contribution in [0.3, 0.4) is 0 Å². The van der Waals surface area contributed by atoms with Crippen molar-refractivity contribution >= 4 is 11.6 Å². The molecule has 0 aliphatic carbocycles. The van der Waals surface area contributed by atoms with Crippen molar-refractivity contribution in [2.45, 2.75) is 65.2 Å². The van der Waals surface area contributed by atoms with E-state index in [0.29, 0.717) is 6.10 Å². The molecule has 1 aromatic rings. The minimum atomic E-state index is 0.274. The molecule has 0 spiro atoms. The van der Waals surface area contributed by atoms with Gasteiger partial charge in [-0.2, -0.15) is 0 Å². The summed E-state index contributed by atoms with van der Waals surface area (Å²) in [6.45, 7) is 9.58. The maximum absolute atomic E-state index is 6.23. The largest absolute Gasteiger partial charge is 0.373 e. The standard InChI is InChI=1S/C17H26ClNO/c1-5-8-19-17(16-7-6-13(4)20-16)14-9-12(3)15(18)10-11(14)2/h9-10,13,16-17,19H,5-8H2,1-4H3. The van der Waals surface area contributed by atoms with E-state index < -0.39 is 0 Å². The Balaban J connectivity index is 2.28. The Morgan fingerprint density at radius 2 is 2.05 bits per heavy atom. The van der Waals surface area contributed by atoms with Crippen LogP contribution in [0.2, 0.25) is 5.02 Å².